The number of H-pyrrole nitrogens is 2. The number of rotatable bonds is 11. The Bertz CT molecular complexity index is 2480. The fourth-order valence-corrected chi connectivity index (χ4v) is 7.88. The summed E-state index contributed by atoms with van der Waals surface area (Å²) in [6, 6.07) is 31.7. The minimum absolute atomic E-state index is 0.177. The number of imidazole rings is 2. The van der Waals surface area contributed by atoms with Gasteiger partial charge in [0.1, 0.15) is 29.8 Å². The maximum Gasteiger partial charge on any atom is 0.315 e. The lowest BCUT2D eigenvalue weighted by molar-refractivity contribution is -0.135. The Kier molecular flexibility index (Phi) is 11.5. The summed E-state index contributed by atoms with van der Waals surface area (Å²) in [5, 5.41) is 10.7. The maximum atomic E-state index is 13.9. The average molecular weight is 803 g/mol. The molecule has 6 aromatic rings. The average Bonchev–Trinajstić information content (AvgIpc) is 4.15. The third-order valence-corrected chi connectivity index (χ3v) is 11.1. The quantitative estimate of drug-likeness (QED) is 0.0806. The number of benzene rings is 4. The van der Waals surface area contributed by atoms with Gasteiger partial charge in [0.2, 0.25) is 5.91 Å². The van der Waals surface area contributed by atoms with Crippen LogP contribution in [0.25, 0.3) is 33.6 Å². The predicted octanol–water partition coefficient (Wildman–Crippen LogP) is 6.58. The Hall–Kier alpha value is -7.48. The van der Waals surface area contributed by atoms with Gasteiger partial charge in [-0.3, -0.25) is 9.59 Å². The van der Waals surface area contributed by atoms with E-state index >= 15 is 0 Å². The van der Waals surface area contributed by atoms with Crippen LogP contribution in [0.15, 0.2) is 134 Å². The Morgan fingerprint density at radius 3 is 1.60 bits per heavy atom. The Morgan fingerprint density at radius 1 is 0.617 bits per heavy atom. The van der Waals surface area contributed by atoms with Crippen LogP contribution in [0.2, 0.25) is 0 Å². The maximum absolute atomic E-state index is 13.9. The summed E-state index contributed by atoms with van der Waals surface area (Å²) < 4.78 is 0. The van der Waals surface area contributed by atoms with Crippen molar-refractivity contribution in [2.45, 2.75) is 37.0 Å². The third kappa shape index (κ3) is 8.25. The summed E-state index contributed by atoms with van der Waals surface area (Å²) in [6.45, 7) is 0.961. The van der Waals surface area contributed by atoms with Gasteiger partial charge in [0, 0.05) is 27.2 Å². The van der Waals surface area contributed by atoms with E-state index in [0.717, 1.165) is 46.5 Å². The number of aromatic nitrogens is 4. The lowest BCUT2D eigenvalue weighted by Crippen LogP contribution is -2.45. The van der Waals surface area contributed by atoms with Gasteiger partial charge in [-0.05, 0) is 46.2 Å². The highest BCUT2D eigenvalue weighted by atomic mass is 16.2. The second-order valence-corrected chi connectivity index (χ2v) is 14.7. The molecule has 6 amide bonds. The lowest BCUT2D eigenvalue weighted by Gasteiger charge is -2.28. The predicted molar refractivity (Wildman–Crippen MR) is 228 cm³/mol. The van der Waals surface area contributed by atoms with Crippen LogP contribution in [-0.2, 0) is 9.59 Å². The molecule has 0 aliphatic carbocycles. The van der Waals surface area contributed by atoms with Crippen molar-refractivity contribution in [3.05, 3.63) is 157 Å². The highest BCUT2D eigenvalue weighted by Gasteiger charge is 2.37. The number of urea groups is 2. The molecule has 0 bridgehead atoms. The number of likely N-dealkylation sites (tertiary alicyclic amines) is 1. The Balaban J connectivity index is 0.929. The third-order valence-electron chi connectivity index (χ3n) is 11.1. The molecule has 4 aromatic carbocycles. The van der Waals surface area contributed by atoms with E-state index in [9.17, 15) is 19.2 Å². The van der Waals surface area contributed by atoms with Gasteiger partial charge < -0.3 is 41.0 Å². The normalized spacial score (nSPS) is 16.9. The zero-order valence-corrected chi connectivity index (χ0v) is 33.3. The second-order valence-electron chi connectivity index (χ2n) is 14.7. The molecule has 0 spiro atoms. The summed E-state index contributed by atoms with van der Waals surface area (Å²) >= 11 is 0. The summed E-state index contributed by atoms with van der Waals surface area (Å²) in [5.41, 5.74) is 7.07. The van der Waals surface area contributed by atoms with Crippen molar-refractivity contribution < 1.29 is 19.2 Å². The molecular formula is C46H46N10O4. The van der Waals surface area contributed by atoms with E-state index in [4.69, 9.17) is 4.98 Å². The van der Waals surface area contributed by atoms with Crippen molar-refractivity contribution in [1.82, 2.24) is 51.0 Å². The topological polar surface area (TPSA) is 180 Å². The minimum Gasteiger partial charge on any atom is -0.341 e. The molecule has 0 radical (unpaired) electrons. The number of amides is 6. The number of nitrogens with one attached hydrogen (secondary N) is 6. The lowest BCUT2D eigenvalue weighted by atomic mass is 10.0. The standard InChI is InChI=1S/C46H46N10O4/c1-47-45(59)53-39(33-11-5-3-6-12-33)43(57)55-25-9-15-37(55)41-49-27-35(51-41)31-21-17-29(18-22-31)30-19-23-32(24-20-30)36-28-50-42(52-36)38-16-10-26-56(38)44(58)40(54-46(60)48-2)34-13-7-4-8-14-34/h3-9,11-15,17-24,27-28,37-40H,10,16,25-26H2,1-2H3,(H,49,51)(H,50,52)(H2,47,53,59)(H2,48,54,60)/t37-,38-,39+,40+/m0/s1. The number of aromatic amines is 2. The zero-order chi connectivity index (χ0) is 41.6. The van der Waals surface area contributed by atoms with Gasteiger partial charge in [-0.1, -0.05) is 121 Å². The number of carbonyl (C=O) groups excluding carboxylic acids is 4. The van der Waals surface area contributed by atoms with Crippen LogP contribution in [0.4, 0.5) is 9.59 Å². The molecule has 1 saturated heterocycles. The first kappa shape index (κ1) is 39.4. The van der Waals surface area contributed by atoms with E-state index < -0.39 is 30.2 Å². The molecule has 304 valence electrons. The molecule has 14 nitrogen and oxygen atoms in total. The first-order valence-electron chi connectivity index (χ1n) is 20.0. The molecule has 2 aromatic heterocycles. The van der Waals surface area contributed by atoms with Gasteiger partial charge in [-0.2, -0.15) is 0 Å². The molecule has 4 heterocycles. The van der Waals surface area contributed by atoms with Gasteiger partial charge >= 0.3 is 12.1 Å². The summed E-state index contributed by atoms with van der Waals surface area (Å²) in [7, 11) is 3.05. The fraction of sp³-hybridized carbons (Fsp3) is 0.217. The van der Waals surface area contributed by atoms with Crippen molar-refractivity contribution in [2.75, 3.05) is 27.2 Å². The summed E-state index contributed by atoms with van der Waals surface area (Å²) in [5.74, 6) is 0.923. The molecule has 6 N–H and O–H groups in total. The molecule has 4 atom stereocenters. The van der Waals surface area contributed by atoms with E-state index in [1.807, 2.05) is 102 Å². The van der Waals surface area contributed by atoms with Crippen molar-refractivity contribution in [2.24, 2.45) is 0 Å². The molecule has 8 rings (SSSR count). The van der Waals surface area contributed by atoms with E-state index in [-0.39, 0.29) is 17.9 Å². The molecule has 2 aliphatic rings. The number of carbonyl (C=O) groups is 4. The van der Waals surface area contributed by atoms with Crippen molar-refractivity contribution in [1.29, 1.82) is 0 Å². The van der Waals surface area contributed by atoms with Crippen LogP contribution in [-0.4, -0.2) is 80.8 Å². The SMILES string of the molecule is CNC(=O)N[C@@H](C(=O)N1CC=C[C@H]1c1ncc(-c2ccc(-c3ccc(-c4cnc([C@@H]5CCCN5C(=O)[C@H](NC(=O)NC)c5ccccc5)[nH]4)cc3)cc2)[nH]1)c1ccccc1. The number of hydrogen-bond donors (Lipinski definition) is 6. The van der Waals surface area contributed by atoms with Gasteiger partial charge in [0.05, 0.1) is 29.8 Å². The smallest absolute Gasteiger partial charge is 0.315 e. The van der Waals surface area contributed by atoms with Crippen LogP contribution in [0.5, 0.6) is 0 Å². The highest BCUT2D eigenvalue weighted by Crippen LogP contribution is 2.35. The first-order valence-corrected chi connectivity index (χ1v) is 20.0. The van der Waals surface area contributed by atoms with E-state index in [1.165, 1.54) is 14.1 Å². The molecular weight excluding hydrogens is 757 g/mol. The van der Waals surface area contributed by atoms with Crippen molar-refractivity contribution in [3.8, 4) is 33.6 Å². The van der Waals surface area contributed by atoms with Gasteiger partial charge in [0.15, 0.2) is 0 Å². The van der Waals surface area contributed by atoms with Crippen LogP contribution >= 0.6 is 0 Å². The fourth-order valence-electron chi connectivity index (χ4n) is 7.88. The number of hydrogen-bond acceptors (Lipinski definition) is 6. The van der Waals surface area contributed by atoms with Crippen LogP contribution in [0, 0.1) is 0 Å². The van der Waals surface area contributed by atoms with E-state index in [2.05, 4.69) is 60.5 Å². The molecule has 14 heteroatoms. The zero-order valence-electron chi connectivity index (χ0n) is 33.3. The molecule has 60 heavy (non-hydrogen) atoms. The van der Waals surface area contributed by atoms with Crippen LogP contribution in [0.1, 0.15) is 59.8 Å². The summed E-state index contributed by atoms with van der Waals surface area (Å²) in [6.07, 6.45) is 9.04. The molecule has 0 unspecified atom stereocenters. The van der Waals surface area contributed by atoms with Gasteiger partial charge in [0.25, 0.3) is 5.91 Å². The van der Waals surface area contributed by atoms with Crippen LogP contribution < -0.4 is 21.3 Å². The largest absolute Gasteiger partial charge is 0.341 e. The van der Waals surface area contributed by atoms with Crippen molar-refractivity contribution >= 4 is 23.9 Å². The van der Waals surface area contributed by atoms with Gasteiger partial charge in [-0.25, -0.2) is 19.6 Å². The molecule has 0 saturated carbocycles. The summed E-state index contributed by atoms with van der Waals surface area (Å²) in [4.78, 5) is 72.2. The van der Waals surface area contributed by atoms with E-state index in [0.29, 0.717) is 35.9 Å². The second kappa shape index (κ2) is 17.6. The first-order chi connectivity index (χ1) is 29.3. The van der Waals surface area contributed by atoms with Crippen molar-refractivity contribution in [3.63, 3.8) is 0 Å². The molecule has 2 aliphatic heterocycles. The Morgan fingerprint density at radius 2 is 1.08 bits per heavy atom. The molecule has 1 fully saturated rings. The minimum atomic E-state index is -0.860. The highest BCUT2D eigenvalue weighted by molar-refractivity contribution is 5.89. The van der Waals surface area contributed by atoms with E-state index in [1.54, 1.807) is 17.3 Å². The van der Waals surface area contributed by atoms with Crippen LogP contribution in [0.3, 0.4) is 0 Å². The number of nitrogens with zero attached hydrogens (tertiary/aromatic N) is 4. The monoisotopic (exact) mass is 802 g/mol. The van der Waals surface area contributed by atoms with Gasteiger partial charge in [-0.15, -0.1) is 0 Å². The Labute approximate surface area is 347 Å².